The summed E-state index contributed by atoms with van der Waals surface area (Å²) in [5, 5.41) is 17.2. The summed E-state index contributed by atoms with van der Waals surface area (Å²) in [6.45, 7) is 3.98. The average molecular weight is 514 g/mol. The van der Waals surface area contributed by atoms with Crippen molar-refractivity contribution in [1.29, 1.82) is 0 Å². The van der Waals surface area contributed by atoms with E-state index in [0.29, 0.717) is 22.4 Å². The number of fused-ring (bicyclic) bond motifs is 2. The molecule has 4 aromatic rings. The third-order valence-electron chi connectivity index (χ3n) is 6.34. The fourth-order valence-electron chi connectivity index (χ4n) is 4.68. The monoisotopic (exact) mass is 513 g/mol. The van der Waals surface area contributed by atoms with Gasteiger partial charge in [0.1, 0.15) is 30.2 Å². The van der Waals surface area contributed by atoms with Crippen molar-refractivity contribution in [3.05, 3.63) is 69.7 Å². The normalized spacial score (nSPS) is 28.8. The molecule has 0 saturated carbocycles. The molecule has 2 aliphatic heterocycles. The number of halogens is 1. The summed E-state index contributed by atoms with van der Waals surface area (Å²) in [6, 6.07) is 12.6. The van der Waals surface area contributed by atoms with Crippen LogP contribution in [0.3, 0.4) is 0 Å². The van der Waals surface area contributed by atoms with Crippen LogP contribution >= 0.6 is 22.9 Å². The number of thiazole rings is 1. The number of benzene rings is 2. The van der Waals surface area contributed by atoms with E-state index < -0.39 is 36.7 Å². The van der Waals surface area contributed by atoms with Gasteiger partial charge in [0.25, 0.3) is 0 Å². The van der Waals surface area contributed by atoms with E-state index in [1.54, 1.807) is 11.6 Å². The zero-order valence-electron chi connectivity index (χ0n) is 19.0. The van der Waals surface area contributed by atoms with Gasteiger partial charge >= 0.3 is 0 Å². The molecule has 11 heteroatoms. The smallest absolute Gasteiger partial charge is 0.184 e. The Kier molecular flexibility index (Phi) is 5.84. The second-order valence-corrected chi connectivity index (χ2v) is 10.3. The lowest BCUT2D eigenvalue weighted by molar-refractivity contribution is -0.309. The van der Waals surface area contributed by atoms with Crippen LogP contribution in [-0.2, 0) is 14.2 Å². The summed E-state index contributed by atoms with van der Waals surface area (Å²) in [6.07, 6.45) is -3.52. The maximum Gasteiger partial charge on any atom is 0.184 e. The van der Waals surface area contributed by atoms with Gasteiger partial charge in [-0.15, -0.1) is 11.3 Å². The Morgan fingerprint density at radius 1 is 1.11 bits per heavy atom. The van der Waals surface area contributed by atoms with Crippen molar-refractivity contribution in [2.75, 3.05) is 6.61 Å². The van der Waals surface area contributed by atoms with E-state index in [4.69, 9.17) is 31.5 Å². The first-order valence-electron chi connectivity index (χ1n) is 11.3. The number of nitrogens with zero attached hydrogens (tertiary/aromatic N) is 4. The van der Waals surface area contributed by atoms with Crippen LogP contribution in [0.15, 0.2) is 42.5 Å². The third kappa shape index (κ3) is 3.95. The predicted molar refractivity (Wildman–Crippen MR) is 131 cm³/mol. The molecule has 4 heterocycles. The van der Waals surface area contributed by atoms with Gasteiger partial charge in [-0.3, -0.25) is 0 Å². The van der Waals surface area contributed by atoms with Crippen LogP contribution in [-0.4, -0.2) is 55.8 Å². The zero-order chi connectivity index (χ0) is 24.3. The van der Waals surface area contributed by atoms with Crippen LogP contribution in [0.5, 0.6) is 0 Å². The number of aliphatic hydroxyl groups excluding tert-OH is 1. The molecule has 0 radical (unpaired) electrons. The van der Waals surface area contributed by atoms with Gasteiger partial charge in [-0.25, -0.2) is 14.6 Å². The third-order valence-corrected chi connectivity index (χ3v) is 7.84. The number of rotatable bonds is 3. The van der Waals surface area contributed by atoms with E-state index in [0.717, 1.165) is 20.8 Å². The van der Waals surface area contributed by atoms with Gasteiger partial charge in [0.15, 0.2) is 12.1 Å². The number of aromatic nitrogens is 4. The minimum atomic E-state index is -1.08. The lowest BCUT2D eigenvalue weighted by atomic mass is 9.92. The highest BCUT2D eigenvalue weighted by Gasteiger charge is 2.49. The fourth-order valence-corrected chi connectivity index (χ4v) is 5.89. The van der Waals surface area contributed by atoms with Gasteiger partial charge in [-0.2, -0.15) is 5.10 Å². The van der Waals surface area contributed by atoms with Gasteiger partial charge in [0.2, 0.25) is 0 Å². The molecule has 2 saturated heterocycles. The molecule has 6 rings (SSSR count). The van der Waals surface area contributed by atoms with Crippen molar-refractivity contribution in [2.24, 2.45) is 5.73 Å². The SMILES string of the molecule is Cc1nc([C@@H]2O[C@@H]3COC(c4ccccc4)O[C@@H]3[C@H](N)[C@H]2O)n(-c2ccc3nc(C)sc3c2Cl)n1. The first kappa shape index (κ1) is 23.0. The summed E-state index contributed by atoms with van der Waals surface area (Å²) in [7, 11) is 0. The van der Waals surface area contributed by atoms with E-state index in [9.17, 15) is 5.11 Å². The van der Waals surface area contributed by atoms with Gasteiger partial charge < -0.3 is 25.1 Å². The largest absolute Gasteiger partial charge is 0.388 e. The van der Waals surface area contributed by atoms with E-state index in [1.807, 2.05) is 49.4 Å². The Morgan fingerprint density at radius 3 is 2.71 bits per heavy atom. The zero-order valence-corrected chi connectivity index (χ0v) is 20.6. The summed E-state index contributed by atoms with van der Waals surface area (Å²) in [5.74, 6) is 0.931. The van der Waals surface area contributed by atoms with Crippen LogP contribution in [0.1, 0.15) is 34.6 Å². The molecule has 0 amide bonds. The number of aryl methyl sites for hydroxylation is 2. The van der Waals surface area contributed by atoms with E-state index in [1.165, 1.54) is 11.3 Å². The van der Waals surface area contributed by atoms with E-state index >= 15 is 0 Å². The summed E-state index contributed by atoms with van der Waals surface area (Å²) in [5.41, 5.74) is 8.84. The highest BCUT2D eigenvalue weighted by molar-refractivity contribution is 7.19. The highest BCUT2D eigenvalue weighted by Crippen LogP contribution is 2.40. The lowest BCUT2D eigenvalue weighted by Crippen LogP contribution is -2.62. The molecule has 9 nitrogen and oxygen atoms in total. The van der Waals surface area contributed by atoms with Crippen LogP contribution < -0.4 is 5.73 Å². The van der Waals surface area contributed by atoms with Crippen molar-refractivity contribution in [3.8, 4) is 5.69 Å². The van der Waals surface area contributed by atoms with Gasteiger partial charge in [-0.1, -0.05) is 41.9 Å². The Labute approximate surface area is 210 Å². The lowest BCUT2D eigenvalue weighted by Gasteiger charge is -2.46. The van der Waals surface area contributed by atoms with Gasteiger partial charge in [0, 0.05) is 5.56 Å². The number of hydrogen-bond donors (Lipinski definition) is 2. The Hall–Kier alpha value is -2.44. The van der Waals surface area contributed by atoms with Crippen molar-refractivity contribution >= 4 is 33.2 Å². The minimum Gasteiger partial charge on any atom is -0.388 e. The quantitative estimate of drug-likeness (QED) is 0.428. The minimum absolute atomic E-state index is 0.265. The molecular weight excluding hydrogens is 490 g/mol. The Morgan fingerprint density at radius 2 is 1.91 bits per heavy atom. The second-order valence-electron chi connectivity index (χ2n) is 8.75. The van der Waals surface area contributed by atoms with Crippen LogP contribution in [0, 0.1) is 13.8 Å². The van der Waals surface area contributed by atoms with E-state index in [-0.39, 0.29) is 6.61 Å². The van der Waals surface area contributed by atoms with Crippen molar-refractivity contribution in [1.82, 2.24) is 19.7 Å². The van der Waals surface area contributed by atoms with Crippen molar-refractivity contribution < 1.29 is 19.3 Å². The molecule has 182 valence electrons. The van der Waals surface area contributed by atoms with Gasteiger partial charge in [-0.05, 0) is 26.0 Å². The van der Waals surface area contributed by atoms with E-state index in [2.05, 4.69) is 15.1 Å². The van der Waals surface area contributed by atoms with Crippen LogP contribution in [0.4, 0.5) is 0 Å². The van der Waals surface area contributed by atoms with Crippen LogP contribution in [0.25, 0.3) is 15.9 Å². The summed E-state index contributed by atoms with van der Waals surface area (Å²) < 4.78 is 20.8. The molecule has 2 fully saturated rings. The maximum atomic E-state index is 11.2. The molecule has 2 aliphatic rings. The topological polar surface area (TPSA) is 118 Å². The molecule has 2 aromatic heterocycles. The summed E-state index contributed by atoms with van der Waals surface area (Å²) in [4.78, 5) is 9.08. The fraction of sp³-hybridized carbons (Fsp3) is 0.375. The Balaban J connectivity index is 1.32. The highest BCUT2D eigenvalue weighted by atomic mass is 35.5. The second kappa shape index (κ2) is 8.90. The molecule has 6 atom stereocenters. The average Bonchev–Trinajstić information content (AvgIpc) is 3.44. The maximum absolute atomic E-state index is 11.2. The van der Waals surface area contributed by atoms with Crippen molar-refractivity contribution in [2.45, 2.75) is 50.6 Å². The summed E-state index contributed by atoms with van der Waals surface area (Å²) >= 11 is 8.29. The molecule has 3 N–H and O–H groups in total. The molecule has 0 aliphatic carbocycles. The molecule has 1 unspecified atom stereocenters. The van der Waals surface area contributed by atoms with Crippen molar-refractivity contribution in [3.63, 3.8) is 0 Å². The Bertz CT molecular complexity index is 1380. The molecule has 2 aromatic carbocycles. The van der Waals surface area contributed by atoms with Gasteiger partial charge in [0.05, 0.1) is 38.6 Å². The predicted octanol–water partition coefficient (Wildman–Crippen LogP) is 3.39. The number of nitrogens with two attached hydrogens (primary N) is 1. The molecule has 0 bridgehead atoms. The molecule has 35 heavy (non-hydrogen) atoms. The number of hydrogen-bond acceptors (Lipinski definition) is 9. The molecular formula is C24H24ClN5O4S. The van der Waals surface area contributed by atoms with Crippen LogP contribution in [0.2, 0.25) is 5.02 Å². The molecule has 0 spiro atoms. The number of ether oxygens (including phenoxy) is 3. The first-order valence-corrected chi connectivity index (χ1v) is 12.5. The first-order chi connectivity index (χ1) is 16.9. The standard InChI is InChI=1S/C24H24ClN5O4S/c1-11-27-23(30(29-11)15-9-8-14-22(17(15)25)35-12(2)28-14)21-19(31)18(26)20-16(33-21)10-32-24(34-20)13-6-4-3-5-7-13/h3-9,16,18-21,24,31H,10,26H2,1-2H3/t16-,18-,19-,20+,21-,24?/m1/s1. The number of aliphatic hydroxyl groups is 1.